The number of nitrogens with one attached hydrogen (secondary N) is 1. The van der Waals surface area contributed by atoms with E-state index in [-0.39, 0.29) is 5.82 Å². The fraction of sp³-hybridized carbons (Fsp3) is 0.273. The molecule has 6 nitrogen and oxygen atoms in total. The van der Waals surface area contributed by atoms with E-state index in [1.807, 2.05) is 49.4 Å². The van der Waals surface area contributed by atoms with Crippen LogP contribution in [0, 0.1) is 5.82 Å². The van der Waals surface area contributed by atoms with Crippen LogP contribution in [0.4, 0.5) is 27.4 Å². The van der Waals surface area contributed by atoms with Gasteiger partial charge in [0, 0.05) is 37.9 Å². The van der Waals surface area contributed by atoms with Gasteiger partial charge in [-0.2, -0.15) is 0 Å². The van der Waals surface area contributed by atoms with E-state index in [1.165, 1.54) is 12.1 Å². The predicted molar refractivity (Wildman–Crippen MR) is 114 cm³/mol. The summed E-state index contributed by atoms with van der Waals surface area (Å²) in [6, 6.07) is 16.4. The zero-order valence-electron chi connectivity index (χ0n) is 16.4. The maximum Gasteiger partial charge on any atom is 0.142 e. The molecule has 0 atom stereocenters. The molecule has 0 saturated carbocycles. The van der Waals surface area contributed by atoms with E-state index in [2.05, 4.69) is 25.1 Å². The smallest absolute Gasteiger partial charge is 0.142 e. The molecule has 1 aliphatic rings. The molecule has 0 spiro atoms. The topological polar surface area (TPSA) is 53.5 Å². The number of piperazine rings is 1. The van der Waals surface area contributed by atoms with Crippen molar-refractivity contribution in [1.82, 2.24) is 9.97 Å². The summed E-state index contributed by atoms with van der Waals surface area (Å²) in [6.07, 6.45) is 1.58. The van der Waals surface area contributed by atoms with Crippen LogP contribution in [0.3, 0.4) is 0 Å². The molecule has 1 saturated heterocycles. The van der Waals surface area contributed by atoms with Gasteiger partial charge in [0.25, 0.3) is 0 Å². The first kappa shape index (κ1) is 19.0. The average molecular weight is 393 g/mol. The Balaban J connectivity index is 1.42. The molecule has 1 fully saturated rings. The van der Waals surface area contributed by atoms with Crippen molar-refractivity contribution < 1.29 is 9.13 Å². The minimum Gasteiger partial charge on any atom is -0.492 e. The molecular formula is C22H24FN5O. The van der Waals surface area contributed by atoms with E-state index in [0.29, 0.717) is 6.61 Å². The normalized spacial score (nSPS) is 14.0. The number of rotatable bonds is 6. The van der Waals surface area contributed by atoms with E-state index in [1.54, 1.807) is 6.33 Å². The van der Waals surface area contributed by atoms with Crippen molar-refractivity contribution in [3.05, 3.63) is 66.7 Å². The van der Waals surface area contributed by atoms with Crippen LogP contribution in [-0.4, -0.2) is 42.8 Å². The molecule has 4 rings (SSSR count). The van der Waals surface area contributed by atoms with Gasteiger partial charge in [0.15, 0.2) is 0 Å². The quantitative estimate of drug-likeness (QED) is 0.681. The first-order valence-corrected chi connectivity index (χ1v) is 9.79. The lowest BCUT2D eigenvalue weighted by Crippen LogP contribution is -2.46. The van der Waals surface area contributed by atoms with Crippen LogP contribution in [0.1, 0.15) is 6.92 Å². The number of para-hydroxylation sites is 2. The molecule has 0 unspecified atom stereocenters. The lowest BCUT2D eigenvalue weighted by atomic mass is 10.2. The number of nitrogens with zero attached hydrogens (tertiary/aromatic N) is 4. The second-order valence-electron chi connectivity index (χ2n) is 6.77. The van der Waals surface area contributed by atoms with E-state index in [9.17, 15) is 4.39 Å². The predicted octanol–water partition coefficient (Wildman–Crippen LogP) is 4.08. The average Bonchev–Trinajstić information content (AvgIpc) is 2.76. The Hall–Kier alpha value is -3.35. The molecular weight excluding hydrogens is 369 g/mol. The minimum absolute atomic E-state index is 0.209. The third-order valence-corrected chi connectivity index (χ3v) is 4.90. The summed E-state index contributed by atoms with van der Waals surface area (Å²) in [5.74, 6) is 2.20. The lowest BCUT2D eigenvalue weighted by Gasteiger charge is -2.36. The van der Waals surface area contributed by atoms with Crippen LogP contribution in [-0.2, 0) is 0 Å². The van der Waals surface area contributed by atoms with Gasteiger partial charge in [0.1, 0.15) is 29.5 Å². The number of anilines is 4. The maximum absolute atomic E-state index is 13.1. The Morgan fingerprint density at radius 1 is 0.966 bits per heavy atom. The Labute approximate surface area is 170 Å². The van der Waals surface area contributed by atoms with Gasteiger partial charge in [-0.05, 0) is 43.3 Å². The summed E-state index contributed by atoms with van der Waals surface area (Å²) < 4.78 is 18.8. The minimum atomic E-state index is -0.209. The molecule has 2 heterocycles. The van der Waals surface area contributed by atoms with Crippen LogP contribution in [0.25, 0.3) is 0 Å². The molecule has 0 amide bonds. The third-order valence-electron chi connectivity index (χ3n) is 4.90. The Bertz CT molecular complexity index is 942. The summed E-state index contributed by atoms with van der Waals surface area (Å²) in [7, 11) is 0. The highest BCUT2D eigenvalue weighted by molar-refractivity contribution is 5.65. The van der Waals surface area contributed by atoms with Gasteiger partial charge in [0.2, 0.25) is 0 Å². The lowest BCUT2D eigenvalue weighted by molar-refractivity contribution is 0.342. The van der Waals surface area contributed by atoms with Crippen molar-refractivity contribution in [2.75, 3.05) is 47.9 Å². The van der Waals surface area contributed by atoms with Crippen molar-refractivity contribution in [1.29, 1.82) is 0 Å². The summed E-state index contributed by atoms with van der Waals surface area (Å²) in [5.41, 5.74) is 1.92. The third kappa shape index (κ3) is 4.56. The van der Waals surface area contributed by atoms with Gasteiger partial charge < -0.3 is 19.9 Å². The van der Waals surface area contributed by atoms with Crippen molar-refractivity contribution in [2.45, 2.75) is 6.92 Å². The Morgan fingerprint density at radius 3 is 2.45 bits per heavy atom. The summed E-state index contributed by atoms with van der Waals surface area (Å²) in [5, 5.41) is 3.33. The SMILES string of the molecule is CCOc1ccccc1Nc1cc(N2CCN(c3ccc(F)cc3)CC2)ncn1. The van der Waals surface area contributed by atoms with Gasteiger partial charge in [0.05, 0.1) is 12.3 Å². The van der Waals surface area contributed by atoms with Crippen LogP contribution in [0.2, 0.25) is 0 Å². The molecule has 29 heavy (non-hydrogen) atoms. The van der Waals surface area contributed by atoms with Crippen molar-refractivity contribution in [2.24, 2.45) is 0 Å². The van der Waals surface area contributed by atoms with E-state index in [4.69, 9.17) is 4.74 Å². The second kappa shape index (κ2) is 8.77. The number of ether oxygens (including phenoxy) is 1. The van der Waals surface area contributed by atoms with E-state index in [0.717, 1.165) is 54.9 Å². The van der Waals surface area contributed by atoms with Crippen molar-refractivity contribution >= 4 is 23.0 Å². The highest BCUT2D eigenvalue weighted by atomic mass is 19.1. The first-order valence-electron chi connectivity index (χ1n) is 9.79. The molecule has 3 aromatic rings. The molecule has 1 aromatic heterocycles. The molecule has 0 bridgehead atoms. The molecule has 1 N–H and O–H groups in total. The van der Waals surface area contributed by atoms with Gasteiger partial charge in [-0.25, -0.2) is 14.4 Å². The fourth-order valence-corrected chi connectivity index (χ4v) is 3.42. The van der Waals surface area contributed by atoms with E-state index < -0.39 is 0 Å². The van der Waals surface area contributed by atoms with Crippen LogP contribution < -0.4 is 19.9 Å². The van der Waals surface area contributed by atoms with Gasteiger partial charge in [-0.3, -0.25) is 0 Å². The highest BCUT2D eigenvalue weighted by Crippen LogP contribution is 2.28. The van der Waals surface area contributed by atoms with Crippen LogP contribution in [0.15, 0.2) is 60.9 Å². The summed E-state index contributed by atoms with van der Waals surface area (Å²) in [4.78, 5) is 13.3. The molecule has 0 radical (unpaired) electrons. The monoisotopic (exact) mass is 393 g/mol. The fourth-order valence-electron chi connectivity index (χ4n) is 3.42. The largest absolute Gasteiger partial charge is 0.492 e. The molecule has 150 valence electrons. The maximum atomic E-state index is 13.1. The van der Waals surface area contributed by atoms with Crippen LogP contribution in [0.5, 0.6) is 5.75 Å². The number of hydrogen-bond donors (Lipinski definition) is 1. The second-order valence-corrected chi connectivity index (χ2v) is 6.77. The van der Waals surface area contributed by atoms with Gasteiger partial charge in [-0.15, -0.1) is 0 Å². The molecule has 7 heteroatoms. The number of hydrogen-bond acceptors (Lipinski definition) is 6. The standard InChI is InChI=1S/C22H24FN5O/c1-2-29-20-6-4-3-5-19(20)26-21-15-22(25-16-24-21)28-13-11-27(12-14-28)18-9-7-17(23)8-10-18/h3-10,15-16H,2,11-14H2,1H3,(H,24,25,26). The zero-order valence-corrected chi connectivity index (χ0v) is 16.4. The van der Waals surface area contributed by atoms with Gasteiger partial charge in [-0.1, -0.05) is 12.1 Å². The number of benzene rings is 2. The summed E-state index contributed by atoms with van der Waals surface area (Å²) >= 11 is 0. The molecule has 1 aliphatic heterocycles. The van der Waals surface area contributed by atoms with Crippen molar-refractivity contribution in [3.63, 3.8) is 0 Å². The summed E-state index contributed by atoms with van der Waals surface area (Å²) in [6.45, 7) is 5.95. The van der Waals surface area contributed by atoms with Crippen molar-refractivity contribution in [3.8, 4) is 5.75 Å². The highest BCUT2D eigenvalue weighted by Gasteiger charge is 2.19. The zero-order chi connectivity index (χ0) is 20.1. The number of aromatic nitrogens is 2. The van der Waals surface area contributed by atoms with Gasteiger partial charge >= 0.3 is 0 Å². The van der Waals surface area contributed by atoms with Crippen LogP contribution >= 0.6 is 0 Å². The molecule has 0 aliphatic carbocycles. The first-order chi connectivity index (χ1) is 14.2. The number of halogens is 1. The Kier molecular flexibility index (Phi) is 5.74. The molecule has 2 aromatic carbocycles. The van der Waals surface area contributed by atoms with E-state index >= 15 is 0 Å². The Morgan fingerprint density at radius 2 is 1.69 bits per heavy atom.